The van der Waals surface area contributed by atoms with Gasteiger partial charge in [-0.1, -0.05) is 52.2 Å². The summed E-state index contributed by atoms with van der Waals surface area (Å²) in [5.41, 5.74) is 1.12. The fourth-order valence-corrected chi connectivity index (χ4v) is 8.64. The molecular weight excluding hydrogens is 388 g/mol. The largest absolute Gasteiger partial charge is 0.396 e. The second kappa shape index (κ2) is 8.74. The number of rotatable bonds is 6. The maximum absolute atomic E-state index is 11.6. The first-order valence-corrected chi connectivity index (χ1v) is 13.0. The zero-order valence-electron chi connectivity index (χ0n) is 20.1. The van der Waals surface area contributed by atoms with E-state index in [1.54, 1.807) is 0 Å². The van der Waals surface area contributed by atoms with Crippen LogP contribution >= 0.6 is 0 Å². The van der Waals surface area contributed by atoms with Crippen LogP contribution in [-0.2, 0) is 0 Å². The third kappa shape index (κ3) is 3.84. The van der Waals surface area contributed by atoms with Gasteiger partial charge in [-0.15, -0.1) is 0 Å². The molecule has 0 saturated heterocycles. The van der Waals surface area contributed by atoms with Crippen molar-refractivity contribution >= 4 is 0 Å². The Morgan fingerprint density at radius 1 is 1.03 bits per heavy atom. The second-order valence-corrected chi connectivity index (χ2v) is 12.3. The fraction of sp³-hybridized carbons (Fsp3) is 0.926. The molecule has 4 rings (SSSR count). The zero-order valence-corrected chi connectivity index (χ0v) is 20.1. The Morgan fingerprint density at radius 2 is 1.77 bits per heavy atom. The van der Waals surface area contributed by atoms with E-state index in [0.717, 1.165) is 51.4 Å². The molecule has 3 saturated carbocycles. The third-order valence-corrected chi connectivity index (χ3v) is 10.6. The quantitative estimate of drug-likeness (QED) is 0.470. The molecule has 11 atom stereocenters. The van der Waals surface area contributed by atoms with E-state index in [2.05, 4.69) is 33.8 Å². The topological polar surface area (TPSA) is 80.9 Å². The molecule has 4 N–H and O–H groups in total. The summed E-state index contributed by atoms with van der Waals surface area (Å²) in [6, 6.07) is 0. The summed E-state index contributed by atoms with van der Waals surface area (Å²) < 4.78 is 0. The van der Waals surface area contributed by atoms with Crippen molar-refractivity contribution in [3.05, 3.63) is 11.6 Å². The van der Waals surface area contributed by atoms with Crippen LogP contribution in [0, 0.1) is 46.3 Å². The van der Waals surface area contributed by atoms with Gasteiger partial charge in [0.2, 0.25) is 0 Å². The smallest absolute Gasteiger partial charge is 0.0757 e. The molecule has 0 bridgehead atoms. The van der Waals surface area contributed by atoms with Crippen molar-refractivity contribution < 1.29 is 20.4 Å². The lowest BCUT2D eigenvalue weighted by Gasteiger charge is -2.61. The summed E-state index contributed by atoms with van der Waals surface area (Å²) in [4.78, 5) is 0. The first kappa shape index (κ1) is 23.7. The first-order chi connectivity index (χ1) is 14.6. The van der Waals surface area contributed by atoms with Crippen molar-refractivity contribution in [1.29, 1.82) is 0 Å². The summed E-state index contributed by atoms with van der Waals surface area (Å²) in [6.07, 6.45) is 9.91. The van der Waals surface area contributed by atoms with Crippen LogP contribution in [0.2, 0.25) is 0 Å². The van der Waals surface area contributed by atoms with Crippen LogP contribution < -0.4 is 0 Å². The van der Waals surface area contributed by atoms with Crippen molar-refractivity contribution in [2.75, 3.05) is 6.61 Å². The van der Waals surface area contributed by atoms with E-state index in [4.69, 9.17) is 0 Å². The Labute approximate surface area is 189 Å². The van der Waals surface area contributed by atoms with Gasteiger partial charge in [-0.3, -0.25) is 0 Å². The highest BCUT2D eigenvalue weighted by Gasteiger charge is 2.64. The van der Waals surface area contributed by atoms with E-state index in [9.17, 15) is 20.4 Å². The molecule has 0 aromatic heterocycles. The van der Waals surface area contributed by atoms with Gasteiger partial charge in [0.15, 0.2) is 0 Å². The number of aliphatic hydroxyl groups is 4. The van der Waals surface area contributed by atoms with Crippen LogP contribution in [0.4, 0.5) is 0 Å². The summed E-state index contributed by atoms with van der Waals surface area (Å²) in [5.74, 6) is 2.32. The summed E-state index contributed by atoms with van der Waals surface area (Å²) in [7, 11) is 0. The maximum atomic E-state index is 11.6. The lowest BCUT2D eigenvalue weighted by atomic mass is 9.45. The minimum Gasteiger partial charge on any atom is -0.396 e. The first-order valence-electron chi connectivity index (χ1n) is 13.0. The molecule has 1 unspecified atom stereocenters. The minimum absolute atomic E-state index is 0.00950. The van der Waals surface area contributed by atoms with Gasteiger partial charge in [0, 0.05) is 6.61 Å². The van der Waals surface area contributed by atoms with E-state index < -0.39 is 6.10 Å². The molecular formula is C27H46O4. The SMILES string of the molecule is CC(CO)CCC[C@@H](C)[C@H]1CC[C@H]2[C@@H]3[C@H](O)C=C4C[C@@H](O)CC[C@]4(C)[C@H]3C[C@H](O)[C@]12C. The molecule has 4 aliphatic carbocycles. The van der Waals surface area contributed by atoms with Gasteiger partial charge < -0.3 is 20.4 Å². The highest BCUT2D eigenvalue weighted by molar-refractivity contribution is 5.28. The van der Waals surface area contributed by atoms with E-state index >= 15 is 0 Å². The lowest BCUT2D eigenvalue weighted by molar-refractivity contribution is -0.158. The molecule has 0 aromatic rings. The van der Waals surface area contributed by atoms with E-state index in [1.807, 2.05) is 0 Å². The molecule has 178 valence electrons. The Morgan fingerprint density at radius 3 is 2.48 bits per heavy atom. The van der Waals surface area contributed by atoms with Crippen molar-refractivity contribution in [2.24, 2.45) is 46.3 Å². The molecule has 0 aliphatic heterocycles. The van der Waals surface area contributed by atoms with Crippen molar-refractivity contribution in [2.45, 2.75) is 104 Å². The van der Waals surface area contributed by atoms with Crippen LogP contribution in [0.1, 0.15) is 85.5 Å². The van der Waals surface area contributed by atoms with Gasteiger partial charge in [-0.2, -0.15) is 0 Å². The molecule has 4 heteroatoms. The van der Waals surface area contributed by atoms with Crippen LogP contribution in [0.15, 0.2) is 11.6 Å². The molecule has 3 fully saturated rings. The maximum Gasteiger partial charge on any atom is 0.0757 e. The molecule has 0 heterocycles. The number of aliphatic hydroxyl groups excluding tert-OH is 4. The molecule has 4 nitrogen and oxygen atoms in total. The minimum atomic E-state index is -0.449. The van der Waals surface area contributed by atoms with Crippen LogP contribution in [0.3, 0.4) is 0 Å². The summed E-state index contributed by atoms with van der Waals surface area (Å²) in [6.45, 7) is 9.39. The van der Waals surface area contributed by atoms with E-state index in [0.29, 0.717) is 36.0 Å². The average Bonchev–Trinajstić information content (AvgIpc) is 3.08. The average molecular weight is 435 g/mol. The zero-order chi connectivity index (χ0) is 22.6. The molecule has 0 aromatic carbocycles. The number of fused-ring (bicyclic) bond motifs is 5. The third-order valence-electron chi connectivity index (χ3n) is 10.6. The van der Waals surface area contributed by atoms with Crippen molar-refractivity contribution in [3.8, 4) is 0 Å². The molecule has 0 amide bonds. The van der Waals surface area contributed by atoms with Gasteiger partial charge in [0.25, 0.3) is 0 Å². The van der Waals surface area contributed by atoms with Gasteiger partial charge in [-0.25, -0.2) is 0 Å². The van der Waals surface area contributed by atoms with Gasteiger partial charge >= 0.3 is 0 Å². The predicted octanol–water partition coefficient (Wildman–Crippen LogP) is 4.30. The van der Waals surface area contributed by atoms with Gasteiger partial charge in [-0.05, 0) is 91.3 Å². The summed E-state index contributed by atoms with van der Waals surface area (Å²) >= 11 is 0. The van der Waals surface area contributed by atoms with Gasteiger partial charge in [0.1, 0.15) is 0 Å². The highest BCUT2D eigenvalue weighted by Crippen LogP contribution is 2.67. The Bertz CT molecular complexity index is 676. The number of hydrogen-bond donors (Lipinski definition) is 4. The Hall–Kier alpha value is -0.420. The molecule has 31 heavy (non-hydrogen) atoms. The van der Waals surface area contributed by atoms with Crippen LogP contribution in [0.25, 0.3) is 0 Å². The summed E-state index contributed by atoms with van der Waals surface area (Å²) in [5, 5.41) is 42.4. The van der Waals surface area contributed by atoms with E-state index in [-0.39, 0.29) is 35.6 Å². The van der Waals surface area contributed by atoms with Crippen molar-refractivity contribution in [3.63, 3.8) is 0 Å². The standard InChI is InChI=1S/C27H46O4/c1-16(15-28)6-5-7-17(2)20-8-9-21-25-22(14-24(31)27(20,21)4)26(3)11-10-19(29)12-18(26)13-23(25)30/h13,16-17,19-25,28-31H,5-12,14-15H2,1-4H3/t16?,17-,19+,20-,21+,22+,23-,24+,25+,26+,27-/m1/s1. The monoisotopic (exact) mass is 434 g/mol. The molecule has 0 radical (unpaired) electrons. The normalized spacial score (nSPS) is 48.9. The van der Waals surface area contributed by atoms with E-state index in [1.165, 1.54) is 5.57 Å². The Balaban J connectivity index is 1.55. The van der Waals surface area contributed by atoms with Crippen LogP contribution in [0.5, 0.6) is 0 Å². The number of hydrogen-bond acceptors (Lipinski definition) is 4. The molecule has 0 spiro atoms. The lowest BCUT2D eigenvalue weighted by Crippen LogP contribution is -2.59. The molecule has 4 aliphatic rings. The van der Waals surface area contributed by atoms with Crippen molar-refractivity contribution in [1.82, 2.24) is 0 Å². The highest BCUT2D eigenvalue weighted by atomic mass is 16.3. The fourth-order valence-electron chi connectivity index (χ4n) is 8.64. The Kier molecular flexibility index (Phi) is 6.69. The van der Waals surface area contributed by atoms with Gasteiger partial charge in [0.05, 0.1) is 18.3 Å². The predicted molar refractivity (Wildman–Crippen MR) is 123 cm³/mol. The van der Waals surface area contributed by atoms with Crippen LogP contribution in [-0.4, -0.2) is 45.3 Å². The second-order valence-electron chi connectivity index (χ2n) is 12.3.